The van der Waals surface area contributed by atoms with Crippen molar-refractivity contribution in [3.8, 4) is 6.07 Å². The molecular weight excluding hydrogens is 370 g/mol. The summed E-state index contributed by atoms with van der Waals surface area (Å²) in [6.07, 6.45) is 0. The predicted octanol–water partition coefficient (Wildman–Crippen LogP) is 4.92. The zero-order chi connectivity index (χ0) is 19.9. The Balaban J connectivity index is 1.84. The standard InChI is InChI=1S/C22H17N3O2S/c1-15(26)24-17-8-6-9-18(13-17)25-22(27)19-10-3-5-12-21(19)28-20-11-4-2-7-16(20)14-23/h2-13H,1H3,(H,24,26)(H,25,27). The zero-order valence-corrected chi connectivity index (χ0v) is 15.9. The van der Waals surface area contributed by atoms with Crippen molar-refractivity contribution in [1.82, 2.24) is 0 Å². The van der Waals surface area contributed by atoms with Crippen LogP contribution < -0.4 is 10.6 Å². The molecule has 3 rings (SSSR count). The Morgan fingerprint density at radius 2 is 1.50 bits per heavy atom. The van der Waals surface area contributed by atoms with Gasteiger partial charge in [-0.05, 0) is 42.5 Å². The Morgan fingerprint density at radius 3 is 2.21 bits per heavy atom. The first kappa shape index (κ1) is 19.2. The van der Waals surface area contributed by atoms with Crippen LogP contribution in [0.1, 0.15) is 22.8 Å². The molecule has 0 heterocycles. The number of nitriles is 1. The lowest BCUT2D eigenvalue weighted by atomic mass is 10.2. The van der Waals surface area contributed by atoms with Crippen LogP contribution in [0.3, 0.4) is 0 Å². The van der Waals surface area contributed by atoms with Crippen molar-refractivity contribution in [3.63, 3.8) is 0 Å². The Labute approximate surface area is 167 Å². The first-order valence-corrected chi connectivity index (χ1v) is 9.33. The molecule has 0 fully saturated rings. The van der Waals surface area contributed by atoms with Gasteiger partial charge in [-0.1, -0.05) is 42.1 Å². The van der Waals surface area contributed by atoms with Crippen molar-refractivity contribution in [2.75, 3.05) is 10.6 Å². The van der Waals surface area contributed by atoms with E-state index in [1.165, 1.54) is 18.7 Å². The van der Waals surface area contributed by atoms with E-state index >= 15 is 0 Å². The fourth-order valence-electron chi connectivity index (χ4n) is 2.59. The van der Waals surface area contributed by atoms with Gasteiger partial charge < -0.3 is 10.6 Å². The van der Waals surface area contributed by atoms with Crippen LogP contribution >= 0.6 is 11.8 Å². The highest BCUT2D eigenvalue weighted by Gasteiger charge is 2.14. The van der Waals surface area contributed by atoms with E-state index < -0.39 is 0 Å². The molecule has 0 aliphatic rings. The molecule has 0 spiro atoms. The molecule has 28 heavy (non-hydrogen) atoms. The van der Waals surface area contributed by atoms with E-state index in [2.05, 4.69) is 16.7 Å². The summed E-state index contributed by atoms with van der Waals surface area (Å²) in [5.41, 5.74) is 2.25. The number of hydrogen-bond donors (Lipinski definition) is 2. The van der Waals surface area contributed by atoms with Gasteiger partial charge in [0.25, 0.3) is 5.91 Å². The van der Waals surface area contributed by atoms with E-state index in [1.54, 1.807) is 42.5 Å². The smallest absolute Gasteiger partial charge is 0.256 e. The zero-order valence-electron chi connectivity index (χ0n) is 15.1. The maximum Gasteiger partial charge on any atom is 0.256 e. The third kappa shape index (κ3) is 4.78. The summed E-state index contributed by atoms with van der Waals surface area (Å²) in [7, 11) is 0. The van der Waals surface area contributed by atoms with Crippen LogP contribution in [0, 0.1) is 11.3 Å². The van der Waals surface area contributed by atoms with Crippen LogP contribution in [-0.4, -0.2) is 11.8 Å². The number of hydrogen-bond acceptors (Lipinski definition) is 4. The van der Waals surface area contributed by atoms with Gasteiger partial charge in [0.1, 0.15) is 6.07 Å². The third-order valence-electron chi connectivity index (χ3n) is 3.80. The van der Waals surface area contributed by atoms with Crippen molar-refractivity contribution in [3.05, 3.63) is 83.9 Å². The average Bonchev–Trinajstić information content (AvgIpc) is 2.68. The van der Waals surface area contributed by atoms with Crippen molar-refractivity contribution >= 4 is 35.0 Å². The fourth-order valence-corrected chi connectivity index (χ4v) is 3.61. The van der Waals surface area contributed by atoms with Crippen LogP contribution in [0.5, 0.6) is 0 Å². The summed E-state index contributed by atoms with van der Waals surface area (Å²) in [6, 6.07) is 23.6. The quantitative estimate of drug-likeness (QED) is 0.651. The SMILES string of the molecule is CC(=O)Nc1cccc(NC(=O)c2ccccc2Sc2ccccc2C#N)c1. The molecule has 0 saturated heterocycles. The number of benzene rings is 3. The normalized spacial score (nSPS) is 10.0. The van der Waals surface area contributed by atoms with E-state index in [4.69, 9.17) is 0 Å². The molecule has 6 heteroatoms. The van der Waals surface area contributed by atoms with Gasteiger partial charge in [-0.3, -0.25) is 9.59 Å². The largest absolute Gasteiger partial charge is 0.326 e. The van der Waals surface area contributed by atoms with Gasteiger partial charge in [-0.25, -0.2) is 0 Å². The number of carbonyl (C=O) groups excluding carboxylic acids is 2. The summed E-state index contributed by atoms with van der Waals surface area (Å²) >= 11 is 1.38. The minimum absolute atomic E-state index is 0.179. The molecule has 0 unspecified atom stereocenters. The van der Waals surface area contributed by atoms with E-state index in [9.17, 15) is 14.9 Å². The fraction of sp³-hybridized carbons (Fsp3) is 0.0455. The Kier molecular flexibility index (Phi) is 6.10. The molecule has 0 saturated carbocycles. The minimum Gasteiger partial charge on any atom is -0.326 e. The molecule has 3 aromatic rings. The molecule has 3 aromatic carbocycles. The van der Waals surface area contributed by atoms with Crippen molar-refractivity contribution in [2.24, 2.45) is 0 Å². The molecular formula is C22H17N3O2S. The topological polar surface area (TPSA) is 82.0 Å². The van der Waals surface area contributed by atoms with E-state index in [-0.39, 0.29) is 11.8 Å². The molecule has 0 aromatic heterocycles. The highest BCUT2D eigenvalue weighted by atomic mass is 32.2. The number of anilines is 2. The summed E-state index contributed by atoms with van der Waals surface area (Å²) in [5, 5.41) is 14.8. The van der Waals surface area contributed by atoms with Gasteiger partial charge in [0, 0.05) is 28.1 Å². The van der Waals surface area contributed by atoms with E-state index in [0.29, 0.717) is 22.5 Å². The van der Waals surface area contributed by atoms with Crippen molar-refractivity contribution < 1.29 is 9.59 Å². The van der Waals surface area contributed by atoms with Gasteiger partial charge in [-0.15, -0.1) is 0 Å². The molecule has 0 aliphatic heterocycles. The lowest BCUT2D eigenvalue weighted by Gasteiger charge is -2.11. The Morgan fingerprint density at radius 1 is 0.857 bits per heavy atom. The molecule has 0 radical (unpaired) electrons. The number of nitrogens with one attached hydrogen (secondary N) is 2. The lowest BCUT2D eigenvalue weighted by Crippen LogP contribution is -2.13. The Bertz CT molecular complexity index is 1070. The highest BCUT2D eigenvalue weighted by molar-refractivity contribution is 7.99. The van der Waals surface area contributed by atoms with Crippen LogP contribution in [0.15, 0.2) is 82.6 Å². The molecule has 5 nitrogen and oxygen atoms in total. The van der Waals surface area contributed by atoms with Gasteiger partial charge in [-0.2, -0.15) is 5.26 Å². The van der Waals surface area contributed by atoms with Crippen LogP contribution in [0.4, 0.5) is 11.4 Å². The second-order valence-corrected chi connectivity index (χ2v) is 7.01. The van der Waals surface area contributed by atoms with Gasteiger partial charge in [0.05, 0.1) is 11.1 Å². The van der Waals surface area contributed by atoms with Gasteiger partial charge in [0.15, 0.2) is 0 Å². The summed E-state index contributed by atoms with van der Waals surface area (Å²) in [6.45, 7) is 1.43. The number of nitrogens with zero attached hydrogens (tertiary/aromatic N) is 1. The first-order chi connectivity index (χ1) is 13.6. The number of amides is 2. The van der Waals surface area contributed by atoms with Gasteiger partial charge in [0.2, 0.25) is 5.91 Å². The van der Waals surface area contributed by atoms with Crippen molar-refractivity contribution in [1.29, 1.82) is 5.26 Å². The monoisotopic (exact) mass is 387 g/mol. The highest BCUT2D eigenvalue weighted by Crippen LogP contribution is 2.33. The Hall–Kier alpha value is -3.56. The maximum atomic E-state index is 12.8. The second-order valence-electron chi connectivity index (χ2n) is 5.92. The molecule has 138 valence electrons. The molecule has 2 amide bonds. The molecule has 2 N–H and O–H groups in total. The van der Waals surface area contributed by atoms with Crippen LogP contribution in [-0.2, 0) is 4.79 Å². The van der Waals surface area contributed by atoms with Gasteiger partial charge >= 0.3 is 0 Å². The number of carbonyl (C=O) groups is 2. The van der Waals surface area contributed by atoms with Crippen molar-refractivity contribution in [2.45, 2.75) is 16.7 Å². The molecule has 0 bridgehead atoms. The molecule has 0 atom stereocenters. The summed E-state index contributed by atoms with van der Waals surface area (Å²) < 4.78 is 0. The second kappa shape index (κ2) is 8.89. The number of rotatable bonds is 5. The summed E-state index contributed by atoms with van der Waals surface area (Å²) in [5.74, 6) is -0.445. The predicted molar refractivity (Wildman–Crippen MR) is 110 cm³/mol. The summed E-state index contributed by atoms with van der Waals surface area (Å²) in [4.78, 5) is 25.6. The first-order valence-electron chi connectivity index (χ1n) is 8.52. The van der Waals surface area contributed by atoms with E-state index in [0.717, 1.165) is 9.79 Å². The maximum absolute atomic E-state index is 12.8. The third-order valence-corrected chi connectivity index (χ3v) is 4.95. The molecule has 0 aliphatic carbocycles. The van der Waals surface area contributed by atoms with Crippen LogP contribution in [0.2, 0.25) is 0 Å². The minimum atomic E-state index is -0.266. The van der Waals surface area contributed by atoms with Crippen LogP contribution in [0.25, 0.3) is 0 Å². The average molecular weight is 387 g/mol. The van der Waals surface area contributed by atoms with E-state index in [1.807, 2.05) is 30.3 Å². The lowest BCUT2D eigenvalue weighted by molar-refractivity contribution is -0.114.